The standard InChI is InChI=1S/C17H22N4O2/c22-16(13-20-17(23)15-7-3-1-4-8-15)19-9-5-2-6-11-21-12-10-18-14-21/h1,3-4,7-8,10,12,14H,2,5-6,9,11,13H2,(H,19,22)(H,20,23). The Morgan fingerprint density at radius 3 is 2.61 bits per heavy atom. The van der Waals surface area contributed by atoms with Crippen molar-refractivity contribution in [3.05, 3.63) is 54.6 Å². The fraction of sp³-hybridized carbons (Fsp3) is 0.353. The van der Waals surface area contributed by atoms with Crippen molar-refractivity contribution >= 4 is 11.8 Å². The number of aromatic nitrogens is 2. The van der Waals surface area contributed by atoms with E-state index in [2.05, 4.69) is 15.6 Å². The van der Waals surface area contributed by atoms with Crippen molar-refractivity contribution in [2.24, 2.45) is 0 Å². The summed E-state index contributed by atoms with van der Waals surface area (Å²) in [6, 6.07) is 8.86. The maximum absolute atomic E-state index is 11.8. The molecule has 122 valence electrons. The monoisotopic (exact) mass is 314 g/mol. The minimum Gasteiger partial charge on any atom is -0.355 e. The number of nitrogens with one attached hydrogen (secondary N) is 2. The molecule has 1 aromatic carbocycles. The summed E-state index contributed by atoms with van der Waals surface area (Å²) < 4.78 is 2.04. The van der Waals surface area contributed by atoms with Crippen molar-refractivity contribution in [3.63, 3.8) is 0 Å². The van der Waals surface area contributed by atoms with Crippen LogP contribution < -0.4 is 10.6 Å². The number of carbonyl (C=O) groups excluding carboxylic acids is 2. The molecule has 0 radical (unpaired) electrons. The summed E-state index contributed by atoms with van der Waals surface area (Å²) in [6.07, 6.45) is 8.53. The van der Waals surface area contributed by atoms with Crippen LogP contribution in [0.4, 0.5) is 0 Å². The van der Waals surface area contributed by atoms with Crippen molar-refractivity contribution in [2.45, 2.75) is 25.8 Å². The average molecular weight is 314 g/mol. The number of amides is 2. The number of aryl methyl sites for hydroxylation is 1. The molecule has 0 aliphatic heterocycles. The van der Waals surface area contributed by atoms with E-state index < -0.39 is 0 Å². The highest BCUT2D eigenvalue weighted by atomic mass is 16.2. The van der Waals surface area contributed by atoms with E-state index in [1.165, 1.54) is 0 Å². The second-order valence-electron chi connectivity index (χ2n) is 5.26. The van der Waals surface area contributed by atoms with E-state index in [1.54, 1.807) is 36.8 Å². The number of rotatable bonds is 9. The van der Waals surface area contributed by atoms with Crippen LogP contribution in [-0.4, -0.2) is 34.5 Å². The molecule has 0 fully saturated rings. The van der Waals surface area contributed by atoms with Gasteiger partial charge in [-0.1, -0.05) is 18.2 Å². The van der Waals surface area contributed by atoms with Crippen LogP contribution in [0.3, 0.4) is 0 Å². The van der Waals surface area contributed by atoms with Crippen molar-refractivity contribution < 1.29 is 9.59 Å². The summed E-state index contributed by atoms with van der Waals surface area (Å²) in [7, 11) is 0. The SMILES string of the molecule is O=C(CNC(=O)c1ccccc1)NCCCCCn1ccnc1. The first-order valence-electron chi connectivity index (χ1n) is 7.81. The minimum atomic E-state index is -0.235. The molecule has 23 heavy (non-hydrogen) atoms. The maximum Gasteiger partial charge on any atom is 0.251 e. The largest absolute Gasteiger partial charge is 0.355 e. The lowest BCUT2D eigenvalue weighted by Crippen LogP contribution is -2.37. The third-order valence-corrected chi connectivity index (χ3v) is 3.42. The number of unbranched alkanes of at least 4 members (excludes halogenated alkanes) is 2. The van der Waals surface area contributed by atoms with Crippen LogP contribution in [0.1, 0.15) is 29.6 Å². The summed E-state index contributed by atoms with van der Waals surface area (Å²) >= 11 is 0. The normalized spacial score (nSPS) is 10.3. The highest BCUT2D eigenvalue weighted by Crippen LogP contribution is 1.99. The van der Waals surface area contributed by atoms with Gasteiger partial charge >= 0.3 is 0 Å². The topological polar surface area (TPSA) is 76.0 Å². The van der Waals surface area contributed by atoms with Crippen LogP contribution in [0.5, 0.6) is 0 Å². The summed E-state index contributed by atoms with van der Waals surface area (Å²) in [5.74, 6) is -0.398. The third-order valence-electron chi connectivity index (χ3n) is 3.42. The van der Waals surface area contributed by atoms with Crippen molar-refractivity contribution in [2.75, 3.05) is 13.1 Å². The Morgan fingerprint density at radius 2 is 1.87 bits per heavy atom. The molecule has 2 N–H and O–H groups in total. The number of hydrogen-bond acceptors (Lipinski definition) is 3. The lowest BCUT2D eigenvalue weighted by atomic mass is 10.2. The molecule has 1 heterocycles. The Balaban J connectivity index is 1.51. The molecule has 1 aromatic heterocycles. The fourth-order valence-electron chi connectivity index (χ4n) is 2.16. The van der Waals surface area contributed by atoms with Crippen LogP contribution in [0, 0.1) is 0 Å². The van der Waals surface area contributed by atoms with Crippen molar-refractivity contribution in [1.82, 2.24) is 20.2 Å². The van der Waals surface area contributed by atoms with Crippen LogP contribution in [-0.2, 0) is 11.3 Å². The maximum atomic E-state index is 11.8. The Hall–Kier alpha value is -2.63. The highest BCUT2D eigenvalue weighted by molar-refractivity contribution is 5.96. The van der Waals surface area contributed by atoms with Gasteiger partial charge in [-0.15, -0.1) is 0 Å². The average Bonchev–Trinajstić information content (AvgIpc) is 3.10. The lowest BCUT2D eigenvalue weighted by Gasteiger charge is -2.07. The Labute approximate surface area is 135 Å². The van der Waals surface area contributed by atoms with Gasteiger partial charge in [-0.05, 0) is 31.4 Å². The van der Waals surface area contributed by atoms with E-state index in [0.29, 0.717) is 12.1 Å². The molecule has 0 bridgehead atoms. The van der Waals surface area contributed by atoms with Crippen LogP contribution in [0.15, 0.2) is 49.1 Å². The molecule has 0 spiro atoms. The van der Waals surface area contributed by atoms with Crippen LogP contribution >= 0.6 is 0 Å². The van der Waals surface area contributed by atoms with E-state index in [0.717, 1.165) is 25.8 Å². The van der Waals surface area contributed by atoms with Gasteiger partial charge in [0.15, 0.2) is 0 Å². The first-order chi connectivity index (χ1) is 11.3. The van der Waals surface area contributed by atoms with Gasteiger partial charge in [-0.3, -0.25) is 9.59 Å². The Morgan fingerprint density at radius 1 is 1.04 bits per heavy atom. The van der Waals surface area contributed by atoms with Gasteiger partial charge in [-0.25, -0.2) is 4.98 Å². The van der Waals surface area contributed by atoms with Crippen molar-refractivity contribution in [1.29, 1.82) is 0 Å². The summed E-state index contributed by atoms with van der Waals surface area (Å²) in [4.78, 5) is 27.4. The Kier molecular flexibility index (Phi) is 6.84. The van der Waals surface area contributed by atoms with Gasteiger partial charge < -0.3 is 15.2 Å². The zero-order valence-corrected chi connectivity index (χ0v) is 13.1. The van der Waals surface area contributed by atoms with Gasteiger partial charge in [0.2, 0.25) is 5.91 Å². The number of nitrogens with zero attached hydrogens (tertiary/aromatic N) is 2. The Bertz CT molecular complexity index is 596. The van der Waals surface area contributed by atoms with E-state index >= 15 is 0 Å². The summed E-state index contributed by atoms with van der Waals surface area (Å²) in [5, 5.41) is 5.42. The molecule has 0 unspecified atom stereocenters. The number of imidazole rings is 1. The molecule has 2 aromatic rings. The molecule has 6 nitrogen and oxygen atoms in total. The second-order valence-corrected chi connectivity index (χ2v) is 5.26. The third kappa shape index (κ3) is 6.34. The quantitative estimate of drug-likeness (QED) is 0.690. The number of benzene rings is 1. The van der Waals surface area contributed by atoms with E-state index in [1.807, 2.05) is 16.8 Å². The van der Waals surface area contributed by atoms with Crippen molar-refractivity contribution in [3.8, 4) is 0 Å². The zero-order valence-electron chi connectivity index (χ0n) is 13.1. The predicted octanol–water partition coefficient (Wildman–Crippen LogP) is 1.60. The molecule has 2 amide bonds. The van der Waals surface area contributed by atoms with Crippen LogP contribution in [0.2, 0.25) is 0 Å². The lowest BCUT2D eigenvalue weighted by molar-refractivity contribution is -0.120. The van der Waals surface area contributed by atoms with E-state index in [4.69, 9.17) is 0 Å². The van der Waals surface area contributed by atoms with Gasteiger partial charge in [-0.2, -0.15) is 0 Å². The smallest absolute Gasteiger partial charge is 0.251 e. The molecule has 0 saturated carbocycles. The molecular formula is C17H22N4O2. The molecule has 0 aliphatic carbocycles. The minimum absolute atomic E-state index is 0.00274. The highest BCUT2D eigenvalue weighted by Gasteiger charge is 2.06. The first kappa shape index (κ1) is 16.7. The van der Waals surface area contributed by atoms with Gasteiger partial charge in [0.25, 0.3) is 5.91 Å². The fourth-order valence-corrected chi connectivity index (χ4v) is 2.16. The molecule has 6 heteroatoms. The van der Waals surface area contributed by atoms with Gasteiger partial charge in [0, 0.05) is 31.0 Å². The first-order valence-corrected chi connectivity index (χ1v) is 7.81. The molecule has 0 aliphatic rings. The summed E-state index contributed by atoms with van der Waals surface area (Å²) in [5.41, 5.74) is 0.555. The molecular weight excluding hydrogens is 292 g/mol. The second kappa shape index (κ2) is 9.40. The predicted molar refractivity (Wildman–Crippen MR) is 87.9 cm³/mol. The van der Waals surface area contributed by atoms with E-state index in [9.17, 15) is 9.59 Å². The van der Waals surface area contributed by atoms with E-state index in [-0.39, 0.29) is 18.4 Å². The molecule has 0 saturated heterocycles. The summed E-state index contributed by atoms with van der Waals surface area (Å²) in [6.45, 7) is 1.58. The number of carbonyl (C=O) groups is 2. The molecule has 0 atom stereocenters. The zero-order chi connectivity index (χ0) is 16.3. The van der Waals surface area contributed by atoms with Gasteiger partial charge in [0.05, 0.1) is 12.9 Å². The molecule has 2 rings (SSSR count). The van der Waals surface area contributed by atoms with Gasteiger partial charge in [0.1, 0.15) is 0 Å². The van der Waals surface area contributed by atoms with Crippen LogP contribution in [0.25, 0.3) is 0 Å². The number of hydrogen-bond donors (Lipinski definition) is 2.